The number of morpholine rings is 1. The lowest BCUT2D eigenvalue weighted by molar-refractivity contribution is -0.136. The van der Waals surface area contributed by atoms with Crippen molar-refractivity contribution in [3.63, 3.8) is 0 Å². The van der Waals surface area contributed by atoms with E-state index in [9.17, 15) is 4.79 Å². The molecule has 1 aromatic heterocycles. The van der Waals surface area contributed by atoms with Gasteiger partial charge in [-0.2, -0.15) is 5.10 Å². The second-order valence-corrected chi connectivity index (χ2v) is 6.17. The maximum atomic E-state index is 12.3. The Balaban J connectivity index is 1.46. The first kappa shape index (κ1) is 15.5. The van der Waals surface area contributed by atoms with E-state index in [1.165, 1.54) is 5.56 Å². The number of likely N-dealkylation sites (tertiary alicyclic amines) is 1. The quantitative estimate of drug-likeness (QED) is 0.831. The van der Waals surface area contributed by atoms with Crippen LogP contribution in [0.15, 0.2) is 12.4 Å². The Morgan fingerprint density at radius 3 is 2.64 bits per heavy atom. The molecule has 6 nitrogen and oxygen atoms in total. The van der Waals surface area contributed by atoms with Crippen LogP contribution in [0.4, 0.5) is 0 Å². The third kappa shape index (κ3) is 3.67. The fourth-order valence-electron chi connectivity index (χ4n) is 3.29. The molecular weight excluding hydrogens is 280 g/mol. The van der Waals surface area contributed by atoms with Crippen molar-refractivity contribution in [3.8, 4) is 0 Å². The molecule has 1 aromatic rings. The molecule has 0 radical (unpaired) electrons. The molecule has 6 heteroatoms. The van der Waals surface area contributed by atoms with Crippen molar-refractivity contribution >= 4 is 5.91 Å². The number of nitrogens with zero attached hydrogens (tertiary/aromatic N) is 4. The number of rotatable bonds is 4. The van der Waals surface area contributed by atoms with Gasteiger partial charge < -0.3 is 9.64 Å². The largest absolute Gasteiger partial charge is 0.378 e. The smallest absolute Gasteiger partial charge is 0.236 e. The van der Waals surface area contributed by atoms with Crippen molar-refractivity contribution in [1.29, 1.82) is 0 Å². The topological polar surface area (TPSA) is 50.6 Å². The van der Waals surface area contributed by atoms with Gasteiger partial charge in [-0.1, -0.05) is 0 Å². The minimum Gasteiger partial charge on any atom is -0.378 e. The van der Waals surface area contributed by atoms with Crippen LogP contribution in [0.5, 0.6) is 0 Å². The normalized spacial score (nSPS) is 21.2. The first-order valence-electron chi connectivity index (χ1n) is 8.36. The molecule has 2 aliphatic rings. The highest BCUT2D eigenvalue weighted by atomic mass is 16.5. The number of ether oxygens (including phenoxy) is 1. The Hall–Kier alpha value is -1.40. The number of carbonyl (C=O) groups excluding carboxylic acids is 1. The predicted octanol–water partition coefficient (Wildman–Crippen LogP) is 0.941. The minimum atomic E-state index is 0.251. The van der Waals surface area contributed by atoms with Gasteiger partial charge in [0.2, 0.25) is 5.91 Å². The van der Waals surface area contributed by atoms with Crippen LogP contribution >= 0.6 is 0 Å². The van der Waals surface area contributed by atoms with Gasteiger partial charge in [-0.25, -0.2) is 0 Å². The summed E-state index contributed by atoms with van der Waals surface area (Å²) in [7, 11) is 0. The van der Waals surface area contributed by atoms with Gasteiger partial charge in [-0.05, 0) is 44.3 Å². The summed E-state index contributed by atoms with van der Waals surface area (Å²) >= 11 is 0. The summed E-state index contributed by atoms with van der Waals surface area (Å²) in [6.07, 6.45) is 6.40. The van der Waals surface area contributed by atoms with Crippen molar-refractivity contribution < 1.29 is 9.53 Å². The molecule has 122 valence electrons. The first-order valence-corrected chi connectivity index (χ1v) is 8.36. The molecule has 0 unspecified atom stereocenters. The van der Waals surface area contributed by atoms with E-state index < -0.39 is 0 Å². The van der Waals surface area contributed by atoms with Gasteiger partial charge in [0, 0.05) is 25.8 Å². The van der Waals surface area contributed by atoms with Crippen LogP contribution in [0.25, 0.3) is 0 Å². The Morgan fingerprint density at radius 2 is 2.00 bits per heavy atom. The lowest BCUT2D eigenvalue weighted by atomic mass is 9.91. The third-order valence-electron chi connectivity index (χ3n) is 4.76. The maximum Gasteiger partial charge on any atom is 0.236 e. The molecule has 0 aromatic carbocycles. The number of hydrogen-bond acceptors (Lipinski definition) is 4. The van der Waals surface area contributed by atoms with Crippen LogP contribution < -0.4 is 0 Å². The molecule has 0 spiro atoms. The summed E-state index contributed by atoms with van der Waals surface area (Å²) in [6.45, 7) is 8.42. The molecule has 22 heavy (non-hydrogen) atoms. The zero-order valence-corrected chi connectivity index (χ0v) is 13.4. The summed E-state index contributed by atoms with van der Waals surface area (Å²) < 4.78 is 7.29. The molecule has 0 saturated carbocycles. The Kier molecular flexibility index (Phi) is 5.10. The monoisotopic (exact) mass is 306 g/mol. The van der Waals surface area contributed by atoms with Crippen LogP contribution in [0.2, 0.25) is 0 Å². The molecule has 3 rings (SSSR count). The standard InChI is InChI=1S/C16H26N4O2/c1-2-20-12-15(11-17-20)14-3-5-18(6-4-14)13-16(21)19-7-9-22-10-8-19/h11-12,14H,2-10,13H2,1H3. The first-order chi connectivity index (χ1) is 10.8. The number of piperidine rings is 1. The van der Waals surface area contributed by atoms with E-state index in [1.54, 1.807) is 0 Å². The van der Waals surface area contributed by atoms with Crippen molar-refractivity contribution in [3.05, 3.63) is 18.0 Å². The van der Waals surface area contributed by atoms with E-state index in [4.69, 9.17) is 4.74 Å². The Labute approximate surface area is 132 Å². The fraction of sp³-hybridized carbons (Fsp3) is 0.750. The summed E-state index contributed by atoms with van der Waals surface area (Å²) in [4.78, 5) is 16.5. The highest BCUT2D eigenvalue weighted by molar-refractivity contribution is 5.78. The van der Waals surface area contributed by atoms with Crippen LogP contribution in [0.3, 0.4) is 0 Å². The summed E-state index contributed by atoms with van der Waals surface area (Å²) in [5, 5.41) is 4.37. The van der Waals surface area contributed by atoms with Gasteiger partial charge in [0.15, 0.2) is 0 Å². The van der Waals surface area contributed by atoms with Crippen LogP contribution in [-0.4, -0.2) is 71.4 Å². The lowest BCUT2D eigenvalue weighted by Crippen LogP contribution is -2.47. The zero-order chi connectivity index (χ0) is 15.4. The minimum absolute atomic E-state index is 0.251. The summed E-state index contributed by atoms with van der Waals surface area (Å²) in [5.41, 5.74) is 1.35. The van der Waals surface area contributed by atoms with Crippen LogP contribution in [0, 0.1) is 0 Å². The average molecular weight is 306 g/mol. The van der Waals surface area contributed by atoms with E-state index in [0.717, 1.165) is 45.6 Å². The van der Waals surface area contributed by atoms with E-state index in [2.05, 4.69) is 23.1 Å². The van der Waals surface area contributed by atoms with E-state index in [0.29, 0.717) is 25.7 Å². The maximum absolute atomic E-state index is 12.3. The average Bonchev–Trinajstić information content (AvgIpc) is 3.05. The summed E-state index contributed by atoms with van der Waals surface area (Å²) in [5.74, 6) is 0.843. The van der Waals surface area contributed by atoms with E-state index >= 15 is 0 Å². The number of aryl methyl sites for hydroxylation is 1. The SMILES string of the molecule is CCn1cc(C2CCN(CC(=O)N3CCOCC3)CC2)cn1. The van der Waals surface area contributed by atoms with E-state index in [1.807, 2.05) is 15.8 Å². The molecule has 3 heterocycles. The third-order valence-corrected chi connectivity index (χ3v) is 4.76. The van der Waals surface area contributed by atoms with Gasteiger partial charge in [0.1, 0.15) is 0 Å². The van der Waals surface area contributed by atoms with Crippen LogP contribution in [-0.2, 0) is 16.1 Å². The summed E-state index contributed by atoms with van der Waals surface area (Å²) in [6, 6.07) is 0. The van der Waals surface area contributed by atoms with Crippen molar-refractivity contribution in [1.82, 2.24) is 19.6 Å². The molecule has 0 bridgehead atoms. The molecule has 1 amide bonds. The molecule has 2 fully saturated rings. The highest BCUT2D eigenvalue weighted by Crippen LogP contribution is 2.27. The fourth-order valence-corrected chi connectivity index (χ4v) is 3.29. The molecule has 0 N–H and O–H groups in total. The molecule has 2 saturated heterocycles. The van der Waals surface area contributed by atoms with Gasteiger partial charge >= 0.3 is 0 Å². The highest BCUT2D eigenvalue weighted by Gasteiger charge is 2.25. The van der Waals surface area contributed by atoms with Gasteiger partial charge in [0.05, 0.1) is 26.0 Å². The van der Waals surface area contributed by atoms with Gasteiger partial charge in [-0.3, -0.25) is 14.4 Å². The second-order valence-electron chi connectivity index (χ2n) is 6.17. The van der Waals surface area contributed by atoms with E-state index in [-0.39, 0.29) is 5.91 Å². The molecule has 0 atom stereocenters. The van der Waals surface area contributed by atoms with Crippen molar-refractivity contribution in [2.45, 2.75) is 32.2 Å². The predicted molar refractivity (Wildman–Crippen MR) is 83.7 cm³/mol. The Morgan fingerprint density at radius 1 is 1.27 bits per heavy atom. The lowest BCUT2D eigenvalue weighted by Gasteiger charge is -2.33. The molecule has 0 aliphatic carbocycles. The van der Waals surface area contributed by atoms with Crippen molar-refractivity contribution in [2.24, 2.45) is 0 Å². The number of hydrogen-bond donors (Lipinski definition) is 0. The number of amides is 1. The van der Waals surface area contributed by atoms with Gasteiger partial charge in [-0.15, -0.1) is 0 Å². The molecule has 2 aliphatic heterocycles. The Bertz CT molecular complexity index is 488. The number of carbonyl (C=O) groups is 1. The second kappa shape index (κ2) is 7.24. The zero-order valence-electron chi connectivity index (χ0n) is 13.4. The van der Waals surface area contributed by atoms with Crippen molar-refractivity contribution in [2.75, 3.05) is 45.9 Å². The number of aromatic nitrogens is 2. The van der Waals surface area contributed by atoms with Gasteiger partial charge in [0.25, 0.3) is 0 Å². The molecular formula is C16H26N4O2. The van der Waals surface area contributed by atoms with Crippen LogP contribution in [0.1, 0.15) is 31.2 Å².